The van der Waals surface area contributed by atoms with E-state index in [1.807, 2.05) is 6.20 Å². The average Bonchev–Trinajstić information content (AvgIpc) is 3.00. The van der Waals surface area contributed by atoms with E-state index in [1.165, 1.54) is 57.8 Å². The predicted molar refractivity (Wildman–Crippen MR) is 97.5 cm³/mol. The van der Waals surface area contributed by atoms with Crippen molar-refractivity contribution in [3.8, 4) is 0 Å². The first-order chi connectivity index (χ1) is 11.1. The highest BCUT2D eigenvalue weighted by Gasteiger charge is 2.10. The van der Waals surface area contributed by atoms with Gasteiger partial charge in [0.1, 0.15) is 5.69 Å². The monoisotopic (exact) mass is 341 g/mol. The Morgan fingerprint density at radius 2 is 1.70 bits per heavy atom. The van der Waals surface area contributed by atoms with Gasteiger partial charge in [0.15, 0.2) is 0 Å². The quantitative estimate of drug-likeness (QED) is 0.328. The van der Waals surface area contributed by atoms with Crippen LogP contribution < -0.4 is 0 Å². The lowest BCUT2D eigenvalue weighted by Crippen LogP contribution is -2.11. The molecule has 0 spiro atoms. The number of halogens is 1. The summed E-state index contributed by atoms with van der Waals surface area (Å²) in [7, 11) is 0. The largest absolute Gasteiger partial charge is 0.477 e. The number of aryl methyl sites for hydroxylation is 1. The number of aromatic carboxylic acids is 1. The Morgan fingerprint density at radius 1 is 1.09 bits per heavy atom. The van der Waals surface area contributed by atoms with Gasteiger partial charge in [-0.2, -0.15) is 0 Å². The molecule has 1 unspecified atom stereocenters. The number of hydrogen-bond acceptors (Lipinski definition) is 1. The smallest absolute Gasteiger partial charge is 0.352 e. The zero-order valence-corrected chi connectivity index (χ0v) is 15.2. The zero-order chi connectivity index (χ0) is 16.9. The highest BCUT2D eigenvalue weighted by molar-refractivity contribution is 6.20. The maximum atomic E-state index is 11.0. The SMILES string of the molecule is CCCCCCCCCCCC(Cl)CCn1cccc1C(=O)O. The molecule has 1 aromatic rings. The number of hydrogen-bond donors (Lipinski definition) is 1. The van der Waals surface area contributed by atoms with Crippen molar-refractivity contribution < 1.29 is 9.90 Å². The fourth-order valence-corrected chi connectivity index (χ4v) is 3.16. The molecule has 1 rings (SSSR count). The summed E-state index contributed by atoms with van der Waals surface area (Å²) in [4.78, 5) is 11.0. The Balaban J connectivity index is 2.01. The first kappa shape index (κ1) is 20.1. The molecule has 0 radical (unpaired) electrons. The van der Waals surface area contributed by atoms with Crippen molar-refractivity contribution in [3.05, 3.63) is 24.0 Å². The Labute approximate surface area is 146 Å². The molecule has 0 saturated carbocycles. The lowest BCUT2D eigenvalue weighted by molar-refractivity contribution is 0.0685. The number of unbranched alkanes of at least 4 members (excludes halogenated alkanes) is 8. The first-order valence-electron chi connectivity index (χ1n) is 9.17. The molecule has 0 aliphatic carbocycles. The number of alkyl halides is 1. The van der Waals surface area contributed by atoms with Crippen LogP contribution in [0.5, 0.6) is 0 Å². The van der Waals surface area contributed by atoms with Gasteiger partial charge in [0.2, 0.25) is 0 Å². The van der Waals surface area contributed by atoms with Crippen LogP contribution in [-0.2, 0) is 6.54 Å². The second-order valence-corrected chi connectivity index (χ2v) is 7.01. The fourth-order valence-electron chi connectivity index (χ4n) is 2.90. The summed E-state index contributed by atoms with van der Waals surface area (Å²) in [6.45, 7) is 2.93. The van der Waals surface area contributed by atoms with Gasteiger partial charge in [0, 0.05) is 18.1 Å². The number of carboxylic acid groups (broad SMARTS) is 1. The van der Waals surface area contributed by atoms with Gasteiger partial charge in [0.25, 0.3) is 0 Å². The molecule has 1 heterocycles. The lowest BCUT2D eigenvalue weighted by atomic mass is 10.1. The molecular weight excluding hydrogens is 310 g/mol. The Kier molecular flexibility index (Phi) is 10.9. The summed E-state index contributed by atoms with van der Waals surface area (Å²) in [5, 5.41) is 9.20. The molecule has 0 aliphatic rings. The van der Waals surface area contributed by atoms with E-state index in [4.69, 9.17) is 16.7 Å². The fraction of sp³-hybridized carbons (Fsp3) is 0.737. The molecular formula is C19H32ClNO2. The molecule has 0 aromatic carbocycles. The van der Waals surface area contributed by atoms with Crippen molar-refractivity contribution in [2.75, 3.05) is 0 Å². The molecule has 0 fully saturated rings. The van der Waals surface area contributed by atoms with Gasteiger partial charge < -0.3 is 9.67 Å². The van der Waals surface area contributed by atoms with Gasteiger partial charge in [-0.05, 0) is 25.0 Å². The molecule has 0 saturated heterocycles. The minimum Gasteiger partial charge on any atom is -0.477 e. The van der Waals surface area contributed by atoms with E-state index in [0.29, 0.717) is 12.2 Å². The summed E-state index contributed by atoms with van der Waals surface area (Å²) < 4.78 is 1.77. The summed E-state index contributed by atoms with van der Waals surface area (Å²) in [6, 6.07) is 3.40. The third-order valence-corrected chi connectivity index (χ3v) is 4.79. The molecule has 4 heteroatoms. The minimum atomic E-state index is -0.875. The van der Waals surface area contributed by atoms with Crippen molar-refractivity contribution in [1.82, 2.24) is 4.57 Å². The minimum absolute atomic E-state index is 0.142. The maximum Gasteiger partial charge on any atom is 0.352 e. The van der Waals surface area contributed by atoms with Crippen LogP contribution in [0.4, 0.5) is 0 Å². The van der Waals surface area contributed by atoms with Crippen LogP contribution in [0.3, 0.4) is 0 Å². The van der Waals surface area contributed by atoms with Gasteiger partial charge in [-0.25, -0.2) is 4.79 Å². The Hall–Kier alpha value is -0.960. The highest BCUT2D eigenvalue weighted by Crippen LogP contribution is 2.16. The van der Waals surface area contributed by atoms with E-state index in [0.717, 1.165) is 12.8 Å². The van der Waals surface area contributed by atoms with Crippen LogP contribution in [0.15, 0.2) is 18.3 Å². The van der Waals surface area contributed by atoms with Crippen LogP contribution in [-0.4, -0.2) is 21.0 Å². The van der Waals surface area contributed by atoms with Crippen molar-refractivity contribution in [3.63, 3.8) is 0 Å². The molecule has 3 nitrogen and oxygen atoms in total. The van der Waals surface area contributed by atoms with E-state index in [1.54, 1.807) is 16.7 Å². The van der Waals surface area contributed by atoms with Crippen molar-refractivity contribution in [2.45, 2.75) is 89.5 Å². The summed E-state index contributed by atoms with van der Waals surface area (Å²) >= 11 is 6.37. The van der Waals surface area contributed by atoms with Gasteiger partial charge in [-0.15, -0.1) is 11.6 Å². The molecule has 1 N–H and O–H groups in total. The second-order valence-electron chi connectivity index (χ2n) is 6.40. The van der Waals surface area contributed by atoms with Crippen molar-refractivity contribution in [1.29, 1.82) is 0 Å². The van der Waals surface area contributed by atoms with Gasteiger partial charge >= 0.3 is 5.97 Å². The Morgan fingerprint density at radius 3 is 2.30 bits per heavy atom. The highest BCUT2D eigenvalue weighted by atomic mass is 35.5. The van der Waals surface area contributed by atoms with Crippen molar-refractivity contribution in [2.24, 2.45) is 0 Å². The third kappa shape index (κ3) is 9.04. The number of carbonyl (C=O) groups is 1. The van der Waals surface area contributed by atoms with E-state index in [-0.39, 0.29) is 5.38 Å². The zero-order valence-electron chi connectivity index (χ0n) is 14.5. The average molecular weight is 342 g/mol. The van der Waals surface area contributed by atoms with Gasteiger partial charge in [-0.3, -0.25) is 0 Å². The maximum absolute atomic E-state index is 11.0. The van der Waals surface area contributed by atoms with E-state index < -0.39 is 5.97 Å². The second kappa shape index (κ2) is 12.5. The summed E-state index contributed by atoms with van der Waals surface area (Å²) in [5.74, 6) is -0.875. The number of rotatable bonds is 14. The molecule has 0 amide bonds. The molecule has 0 aliphatic heterocycles. The number of carboxylic acids is 1. The van der Waals surface area contributed by atoms with Crippen LogP contribution in [0.2, 0.25) is 0 Å². The predicted octanol–water partition coefficient (Wildman–Crippen LogP) is 6.10. The van der Waals surface area contributed by atoms with Crippen LogP contribution in [0.25, 0.3) is 0 Å². The Bertz CT molecular complexity index is 431. The van der Waals surface area contributed by atoms with E-state index >= 15 is 0 Å². The van der Waals surface area contributed by atoms with Crippen molar-refractivity contribution >= 4 is 17.6 Å². The first-order valence-corrected chi connectivity index (χ1v) is 9.61. The summed E-state index contributed by atoms with van der Waals surface area (Å²) in [5.41, 5.74) is 0.344. The van der Waals surface area contributed by atoms with Crippen LogP contribution >= 0.6 is 11.6 Å². The topological polar surface area (TPSA) is 42.2 Å². The van der Waals surface area contributed by atoms with E-state index in [9.17, 15) is 4.79 Å². The molecule has 1 atom stereocenters. The third-order valence-electron chi connectivity index (χ3n) is 4.35. The lowest BCUT2D eigenvalue weighted by Gasteiger charge is -2.11. The molecule has 1 aromatic heterocycles. The molecule has 0 bridgehead atoms. The van der Waals surface area contributed by atoms with Gasteiger partial charge in [-0.1, -0.05) is 64.7 Å². The summed E-state index contributed by atoms with van der Waals surface area (Å²) in [6.07, 6.45) is 15.6. The van der Waals surface area contributed by atoms with E-state index in [2.05, 4.69) is 6.92 Å². The molecule has 132 valence electrons. The number of nitrogens with zero attached hydrogens (tertiary/aromatic N) is 1. The van der Waals surface area contributed by atoms with Gasteiger partial charge in [0.05, 0.1) is 0 Å². The normalized spacial score (nSPS) is 12.4. The van der Waals surface area contributed by atoms with Crippen LogP contribution in [0.1, 0.15) is 88.0 Å². The van der Waals surface area contributed by atoms with Crippen LogP contribution in [0, 0.1) is 0 Å². The molecule has 23 heavy (non-hydrogen) atoms. The number of aromatic nitrogens is 1. The standard InChI is InChI=1S/C19H32ClNO2/c1-2-3-4-5-6-7-8-9-10-12-17(20)14-16-21-15-11-13-18(21)19(22)23/h11,13,15,17H,2-10,12,14,16H2,1H3,(H,22,23).